The highest BCUT2D eigenvalue weighted by Crippen LogP contribution is 2.43. The number of para-hydroxylation sites is 1. The summed E-state index contributed by atoms with van der Waals surface area (Å²) < 4.78 is 11.9. The van der Waals surface area contributed by atoms with Crippen molar-refractivity contribution in [2.75, 3.05) is 0 Å². The molecule has 2 heterocycles. The molecule has 0 bridgehead atoms. The van der Waals surface area contributed by atoms with Crippen LogP contribution in [0.15, 0.2) is 94.2 Å². The number of allylic oxidation sites excluding steroid dienone is 1. The Morgan fingerprint density at radius 1 is 0.821 bits per heavy atom. The van der Waals surface area contributed by atoms with Gasteiger partial charge in [-0.15, -0.1) is 0 Å². The molecule has 0 saturated heterocycles. The number of hydrogen-bond acceptors (Lipinski definition) is 3. The molecule has 1 atom stereocenters. The molecule has 1 aliphatic rings. The zero-order chi connectivity index (χ0) is 19.1. The Morgan fingerprint density at radius 2 is 1.54 bits per heavy atom. The first-order valence-electron chi connectivity index (χ1n) is 9.29. The minimum Gasteiger partial charge on any atom is -0.456 e. The summed E-state index contributed by atoms with van der Waals surface area (Å²) in [5.74, 6) is 1.10. The maximum Gasteiger partial charge on any atom is 0.344 e. The molecule has 0 aliphatic carbocycles. The molecule has 3 heteroatoms. The first-order chi connectivity index (χ1) is 13.7. The Labute approximate surface area is 162 Å². The SMILES string of the molecule is Cc1ccccc1C1C=C(c2ccccc2)Oc2c1c(=O)oc1ccccc21. The van der Waals surface area contributed by atoms with Crippen LogP contribution in [0.25, 0.3) is 16.7 Å². The lowest BCUT2D eigenvalue weighted by Crippen LogP contribution is -2.20. The maximum atomic E-state index is 12.9. The van der Waals surface area contributed by atoms with Crippen molar-refractivity contribution in [3.05, 3.63) is 118 Å². The average Bonchev–Trinajstić information content (AvgIpc) is 2.74. The van der Waals surface area contributed by atoms with Crippen LogP contribution in [-0.4, -0.2) is 0 Å². The molecule has 3 nitrogen and oxygen atoms in total. The van der Waals surface area contributed by atoms with E-state index in [1.165, 1.54) is 0 Å². The molecule has 1 unspecified atom stereocenters. The zero-order valence-electron chi connectivity index (χ0n) is 15.4. The summed E-state index contributed by atoms with van der Waals surface area (Å²) in [5, 5.41) is 0.803. The molecule has 1 aromatic heterocycles. The Hall–Kier alpha value is -3.59. The lowest BCUT2D eigenvalue weighted by Gasteiger charge is -2.26. The first kappa shape index (κ1) is 16.6. The maximum absolute atomic E-state index is 12.9. The summed E-state index contributed by atoms with van der Waals surface area (Å²) >= 11 is 0. The largest absolute Gasteiger partial charge is 0.456 e. The summed E-state index contributed by atoms with van der Waals surface area (Å²) in [6, 6.07) is 25.6. The van der Waals surface area contributed by atoms with Gasteiger partial charge >= 0.3 is 5.63 Å². The van der Waals surface area contributed by atoms with Gasteiger partial charge in [-0.05, 0) is 36.3 Å². The van der Waals surface area contributed by atoms with E-state index >= 15 is 0 Å². The van der Waals surface area contributed by atoms with Crippen LogP contribution in [0.4, 0.5) is 0 Å². The number of benzene rings is 3. The smallest absolute Gasteiger partial charge is 0.344 e. The second-order valence-corrected chi connectivity index (χ2v) is 6.96. The van der Waals surface area contributed by atoms with Crippen molar-refractivity contribution >= 4 is 16.7 Å². The van der Waals surface area contributed by atoms with Gasteiger partial charge in [0.2, 0.25) is 0 Å². The number of ether oxygens (including phenoxy) is 1. The summed E-state index contributed by atoms with van der Waals surface area (Å²) in [6.07, 6.45) is 2.02. The summed E-state index contributed by atoms with van der Waals surface area (Å²) in [4.78, 5) is 12.9. The molecule has 0 amide bonds. The summed E-state index contributed by atoms with van der Waals surface area (Å²) in [7, 11) is 0. The van der Waals surface area contributed by atoms with E-state index in [1.807, 2.05) is 66.7 Å². The van der Waals surface area contributed by atoms with Crippen molar-refractivity contribution in [2.24, 2.45) is 0 Å². The minimum absolute atomic E-state index is 0.235. The molecule has 1 aliphatic heterocycles. The highest BCUT2D eigenvalue weighted by molar-refractivity contribution is 5.87. The van der Waals surface area contributed by atoms with E-state index in [2.05, 4.69) is 19.1 Å². The van der Waals surface area contributed by atoms with Crippen LogP contribution < -0.4 is 10.4 Å². The Balaban J connectivity index is 1.82. The van der Waals surface area contributed by atoms with Gasteiger partial charge in [-0.1, -0.05) is 66.7 Å². The van der Waals surface area contributed by atoms with Gasteiger partial charge in [-0.3, -0.25) is 0 Å². The van der Waals surface area contributed by atoms with E-state index in [0.29, 0.717) is 16.9 Å². The molecule has 0 spiro atoms. The van der Waals surface area contributed by atoms with Gasteiger partial charge in [0.25, 0.3) is 0 Å². The van der Waals surface area contributed by atoms with Gasteiger partial charge in [-0.25, -0.2) is 4.79 Å². The lowest BCUT2D eigenvalue weighted by atomic mass is 9.86. The highest BCUT2D eigenvalue weighted by Gasteiger charge is 2.30. The van der Waals surface area contributed by atoms with Gasteiger partial charge in [0.15, 0.2) is 0 Å². The fourth-order valence-electron chi connectivity index (χ4n) is 3.83. The fraction of sp³-hybridized carbons (Fsp3) is 0.0800. The highest BCUT2D eigenvalue weighted by atomic mass is 16.5. The van der Waals surface area contributed by atoms with Gasteiger partial charge < -0.3 is 9.15 Å². The molecule has 0 radical (unpaired) electrons. The molecule has 4 aromatic rings. The second-order valence-electron chi connectivity index (χ2n) is 6.96. The monoisotopic (exact) mass is 366 g/mol. The average molecular weight is 366 g/mol. The van der Waals surface area contributed by atoms with E-state index < -0.39 is 0 Å². The van der Waals surface area contributed by atoms with Gasteiger partial charge in [0, 0.05) is 11.5 Å². The van der Waals surface area contributed by atoms with Crippen LogP contribution in [0.3, 0.4) is 0 Å². The van der Waals surface area contributed by atoms with Crippen molar-refractivity contribution in [1.82, 2.24) is 0 Å². The van der Waals surface area contributed by atoms with E-state index in [1.54, 1.807) is 6.07 Å². The molecule has 5 rings (SSSR count). The van der Waals surface area contributed by atoms with Crippen LogP contribution in [0.2, 0.25) is 0 Å². The molecule has 0 fully saturated rings. The van der Waals surface area contributed by atoms with Gasteiger partial charge in [0.1, 0.15) is 17.1 Å². The van der Waals surface area contributed by atoms with Crippen molar-refractivity contribution < 1.29 is 9.15 Å². The predicted octanol–water partition coefficient (Wildman–Crippen LogP) is 5.67. The van der Waals surface area contributed by atoms with Crippen molar-refractivity contribution in [3.8, 4) is 5.75 Å². The number of rotatable bonds is 2. The van der Waals surface area contributed by atoms with Crippen molar-refractivity contribution in [3.63, 3.8) is 0 Å². The van der Waals surface area contributed by atoms with E-state index in [-0.39, 0.29) is 11.5 Å². The lowest BCUT2D eigenvalue weighted by molar-refractivity contribution is 0.472. The normalized spacial score (nSPS) is 15.6. The fourth-order valence-corrected chi connectivity index (χ4v) is 3.83. The van der Waals surface area contributed by atoms with Crippen LogP contribution in [-0.2, 0) is 0 Å². The quantitative estimate of drug-likeness (QED) is 0.429. The Bertz CT molecular complexity index is 1270. The van der Waals surface area contributed by atoms with E-state index in [4.69, 9.17) is 9.15 Å². The molecular formula is C25H18O3. The van der Waals surface area contributed by atoms with Gasteiger partial charge in [-0.2, -0.15) is 0 Å². The third-order valence-corrected chi connectivity index (χ3v) is 5.22. The Kier molecular flexibility index (Phi) is 3.87. The molecule has 136 valence electrons. The molecule has 0 saturated carbocycles. The van der Waals surface area contributed by atoms with E-state index in [0.717, 1.165) is 27.8 Å². The molecule has 3 aromatic carbocycles. The summed E-state index contributed by atoms with van der Waals surface area (Å²) in [5.41, 5.74) is 3.89. The van der Waals surface area contributed by atoms with Crippen LogP contribution in [0.5, 0.6) is 5.75 Å². The van der Waals surface area contributed by atoms with Crippen LogP contribution in [0.1, 0.15) is 28.2 Å². The summed E-state index contributed by atoms with van der Waals surface area (Å²) in [6.45, 7) is 2.06. The molecule has 28 heavy (non-hydrogen) atoms. The predicted molar refractivity (Wildman–Crippen MR) is 111 cm³/mol. The zero-order valence-corrected chi connectivity index (χ0v) is 15.4. The Morgan fingerprint density at radius 3 is 2.36 bits per heavy atom. The first-order valence-corrected chi connectivity index (χ1v) is 9.29. The topological polar surface area (TPSA) is 39.4 Å². The van der Waals surface area contributed by atoms with Crippen molar-refractivity contribution in [2.45, 2.75) is 12.8 Å². The molecular weight excluding hydrogens is 348 g/mol. The number of aryl methyl sites for hydroxylation is 1. The van der Waals surface area contributed by atoms with Crippen LogP contribution in [0, 0.1) is 6.92 Å². The minimum atomic E-state index is -0.356. The van der Waals surface area contributed by atoms with Crippen molar-refractivity contribution in [1.29, 1.82) is 0 Å². The van der Waals surface area contributed by atoms with E-state index in [9.17, 15) is 4.79 Å². The molecule has 0 N–H and O–H groups in total. The third-order valence-electron chi connectivity index (χ3n) is 5.22. The van der Waals surface area contributed by atoms with Crippen LogP contribution >= 0.6 is 0 Å². The second kappa shape index (κ2) is 6.54. The number of fused-ring (bicyclic) bond motifs is 3. The standard InChI is InChI=1S/C25H18O3/c1-16-9-5-6-12-18(16)20-15-22(17-10-3-2-4-11-17)27-24-19-13-7-8-14-21(19)28-25(26)23(20)24/h2-15,20H,1H3. The third kappa shape index (κ3) is 2.64. The van der Waals surface area contributed by atoms with Gasteiger partial charge in [0.05, 0.1) is 10.9 Å². The number of hydrogen-bond donors (Lipinski definition) is 0.